The van der Waals surface area contributed by atoms with Crippen LogP contribution in [0.3, 0.4) is 0 Å². The van der Waals surface area contributed by atoms with Gasteiger partial charge < -0.3 is 14.6 Å². The van der Waals surface area contributed by atoms with Gasteiger partial charge in [-0.1, -0.05) is 54.2 Å². The fraction of sp³-hybridized carbons (Fsp3) is 0.286. The van der Waals surface area contributed by atoms with Crippen LogP contribution in [0.5, 0.6) is 5.75 Å². The average molecular weight is 397 g/mol. The van der Waals surface area contributed by atoms with Gasteiger partial charge in [0.15, 0.2) is 11.0 Å². The Balaban J connectivity index is 1.89. The lowest BCUT2D eigenvalue weighted by molar-refractivity contribution is -0.118. The van der Waals surface area contributed by atoms with E-state index >= 15 is 0 Å². The van der Waals surface area contributed by atoms with E-state index in [0.29, 0.717) is 18.8 Å². The summed E-state index contributed by atoms with van der Waals surface area (Å²) in [5.41, 5.74) is 2.12. The molecule has 0 saturated heterocycles. The van der Waals surface area contributed by atoms with Crippen molar-refractivity contribution in [3.8, 4) is 17.1 Å². The first-order valence-corrected chi connectivity index (χ1v) is 10.2. The Labute approximate surface area is 169 Å². The zero-order valence-electron chi connectivity index (χ0n) is 16.1. The Bertz CT molecular complexity index is 912. The first-order valence-electron chi connectivity index (χ1n) is 9.23. The molecule has 2 aromatic carbocycles. The van der Waals surface area contributed by atoms with Crippen LogP contribution in [0.25, 0.3) is 11.4 Å². The number of ether oxygens (including phenoxy) is 1. The quantitative estimate of drug-likeness (QED) is 0.561. The van der Waals surface area contributed by atoms with E-state index in [-0.39, 0.29) is 5.91 Å². The zero-order chi connectivity index (χ0) is 19.8. The van der Waals surface area contributed by atoms with Crippen molar-refractivity contribution in [1.29, 1.82) is 0 Å². The standard InChI is InChI=1S/C21H24N4O2S/c1-3-22-19(26)15-28-21-24-23-20(17-11-7-8-12-18(17)27-2)25(21)14-13-16-9-5-4-6-10-16/h4-12H,3,13-15H2,1-2H3,(H,22,26). The molecule has 6 nitrogen and oxygen atoms in total. The maximum absolute atomic E-state index is 11.9. The summed E-state index contributed by atoms with van der Waals surface area (Å²) in [7, 11) is 1.65. The van der Waals surface area contributed by atoms with Crippen LogP contribution in [-0.2, 0) is 17.8 Å². The second-order valence-corrected chi connectivity index (χ2v) is 7.08. The Kier molecular flexibility index (Phi) is 7.08. The Morgan fingerprint density at radius 1 is 1.11 bits per heavy atom. The third kappa shape index (κ3) is 4.92. The molecule has 28 heavy (non-hydrogen) atoms. The lowest BCUT2D eigenvalue weighted by Crippen LogP contribution is -2.24. The second kappa shape index (κ2) is 9.94. The average Bonchev–Trinajstić information content (AvgIpc) is 3.14. The molecule has 0 aliphatic carbocycles. The third-order valence-electron chi connectivity index (χ3n) is 4.24. The molecule has 0 bridgehead atoms. The van der Waals surface area contributed by atoms with Crippen molar-refractivity contribution in [2.75, 3.05) is 19.4 Å². The summed E-state index contributed by atoms with van der Waals surface area (Å²) in [4.78, 5) is 11.9. The van der Waals surface area contributed by atoms with Gasteiger partial charge in [0.05, 0.1) is 18.4 Å². The fourth-order valence-corrected chi connectivity index (χ4v) is 3.68. The maximum atomic E-state index is 11.9. The van der Waals surface area contributed by atoms with E-state index in [0.717, 1.165) is 28.7 Å². The molecule has 0 aliphatic heterocycles. The Hall–Kier alpha value is -2.80. The van der Waals surface area contributed by atoms with Gasteiger partial charge in [0, 0.05) is 13.1 Å². The zero-order valence-corrected chi connectivity index (χ0v) is 16.9. The molecule has 3 aromatic rings. The van der Waals surface area contributed by atoms with Gasteiger partial charge >= 0.3 is 0 Å². The lowest BCUT2D eigenvalue weighted by atomic mass is 10.1. The molecule has 1 heterocycles. The molecule has 0 aliphatic rings. The number of hydrogen-bond acceptors (Lipinski definition) is 5. The summed E-state index contributed by atoms with van der Waals surface area (Å²) in [6.07, 6.45) is 0.843. The van der Waals surface area contributed by atoms with Crippen molar-refractivity contribution in [3.05, 3.63) is 60.2 Å². The van der Waals surface area contributed by atoms with Crippen molar-refractivity contribution in [3.63, 3.8) is 0 Å². The number of aryl methyl sites for hydroxylation is 1. The molecule has 0 radical (unpaired) electrons. The second-order valence-electron chi connectivity index (χ2n) is 6.14. The number of hydrogen-bond donors (Lipinski definition) is 1. The van der Waals surface area contributed by atoms with E-state index in [1.54, 1.807) is 7.11 Å². The number of thioether (sulfide) groups is 1. The number of amides is 1. The van der Waals surface area contributed by atoms with Crippen LogP contribution in [0.1, 0.15) is 12.5 Å². The number of nitrogens with one attached hydrogen (secondary N) is 1. The largest absolute Gasteiger partial charge is 0.496 e. The van der Waals surface area contributed by atoms with Crippen molar-refractivity contribution in [2.24, 2.45) is 0 Å². The van der Waals surface area contributed by atoms with Gasteiger partial charge in [0.25, 0.3) is 0 Å². The van der Waals surface area contributed by atoms with Crippen molar-refractivity contribution < 1.29 is 9.53 Å². The number of aromatic nitrogens is 3. The summed E-state index contributed by atoms with van der Waals surface area (Å²) in [6, 6.07) is 18.1. The van der Waals surface area contributed by atoms with Gasteiger partial charge in [-0.15, -0.1) is 10.2 Å². The Morgan fingerprint density at radius 3 is 2.61 bits per heavy atom. The summed E-state index contributed by atoms with van der Waals surface area (Å²) in [5, 5.41) is 12.3. The van der Waals surface area contributed by atoms with Crippen LogP contribution in [-0.4, -0.2) is 40.1 Å². The van der Waals surface area contributed by atoms with Crippen LogP contribution >= 0.6 is 11.8 Å². The Morgan fingerprint density at radius 2 is 1.86 bits per heavy atom. The number of rotatable bonds is 9. The summed E-state index contributed by atoms with van der Waals surface area (Å²) in [6.45, 7) is 3.24. The summed E-state index contributed by atoms with van der Waals surface area (Å²) in [5.74, 6) is 1.79. The van der Waals surface area contributed by atoms with E-state index in [4.69, 9.17) is 4.74 Å². The smallest absolute Gasteiger partial charge is 0.230 e. The molecule has 7 heteroatoms. The van der Waals surface area contributed by atoms with Crippen LogP contribution in [0.4, 0.5) is 0 Å². The third-order valence-corrected chi connectivity index (χ3v) is 5.20. The molecule has 1 amide bonds. The molecular weight excluding hydrogens is 372 g/mol. The molecule has 0 unspecified atom stereocenters. The first-order chi connectivity index (χ1) is 13.7. The fourth-order valence-electron chi connectivity index (χ4n) is 2.89. The maximum Gasteiger partial charge on any atom is 0.230 e. The summed E-state index contributed by atoms with van der Waals surface area (Å²) >= 11 is 1.40. The SMILES string of the molecule is CCNC(=O)CSc1nnc(-c2ccccc2OC)n1CCc1ccccc1. The van der Waals surface area contributed by atoms with Gasteiger partial charge in [0.1, 0.15) is 5.75 Å². The minimum absolute atomic E-state index is 0.0102. The molecule has 146 valence electrons. The molecule has 3 rings (SSSR count). The first kappa shape index (κ1) is 19.9. The topological polar surface area (TPSA) is 69.0 Å². The highest BCUT2D eigenvalue weighted by atomic mass is 32.2. The minimum atomic E-state index is -0.0102. The molecule has 1 aromatic heterocycles. The highest BCUT2D eigenvalue weighted by Gasteiger charge is 2.18. The monoisotopic (exact) mass is 396 g/mol. The molecule has 0 saturated carbocycles. The van der Waals surface area contributed by atoms with E-state index in [9.17, 15) is 4.79 Å². The van der Waals surface area contributed by atoms with Crippen LogP contribution < -0.4 is 10.1 Å². The number of carbonyl (C=O) groups excluding carboxylic acids is 1. The molecular formula is C21H24N4O2S. The number of benzene rings is 2. The van der Waals surface area contributed by atoms with E-state index in [2.05, 4.69) is 32.2 Å². The number of para-hydroxylation sites is 1. The predicted octanol–water partition coefficient (Wildman–Crippen LogP) is 3.42. The van der Waals surface area contributed by atoms with Crippen LogP contribution in [0.15, 0.2) is 59.8 Å². The minimum Gasteiger partial charge on any atom is -0.496 e. The van der Waals surface area contributed by atoms with Crippen molar-refractivity contribution in [2.45, 2.75) is 25.0 Å². The molecule has 1 N–H and O–H groups in total. The normalized spacial score (nSPS) is 10.6. The summed E-state index contributed by atoms with van der Waals surface area (Å²) < 4.78 is 7.57. The van der Waals surface area contributed by atoms with Gasteiger partial charge in [0.2, 0.25) is 5.91 Å². The number of methoxy groups -OCH3 is 1. The molecule has 0 spiro atoms. The molecule has 0 atom stereocenters. The van der Waals surface area contributed by atoms with Gasteiger partial charge in [-0.25, -0.2) is 0 Å². The van der Waals surface area contributed by atoms with Gasteiger partial charge in [-0.3, -0.25) is 4.79 Å². The van der Waals surface area contributed by atoms with Gasteiger partial charge in [-0.2, -0.15) is 0 Å². The number of nitrogens with zero attached hydrogens (tertiary/aromatic N) is 3. The van der Waals surface area contributed by atoms with Gasteiger partial charge in [-0.05, 0) is 31.0 Å². The van der Waals surface area contributed by atoms with Crippen molar-refractivity contribution >= 4 is 17.7 Å². The van der Waals surface area contributed by atoms with Crippen molar-refractivity contribution in [1.82, 2.24) is 20.1 Å². The highest BCUT2D eigenvalue weighted by Crippen LogP contribution is 2.31. The van der Waals surface area contributed by atoms with E-state index < -0.39 is 0 Å². The lowest BCUT2D eigenvalue weighted by Gasteiger charge is -2.12. The highest BCUT2D eigenvalue weighted by molar-refractivity contribution is 7.99. The van der Waals surface area contributed by atoms with E-state index in [1.807, 2.05) is 49.4 Å². The van der Waals surface area contributed by atoms with Crippen LogP contribution in [0.2, 0.25) is 0 Å². The number of carbonyl (C=O) groups is 1. The van der Waals surface area contributed by atoms with E-state index in [1.165, 1.54) is 17.3 Å². The van der Waals surface area contributed by atoms with Crippen LogP contribution in [0, 0.1) is 0 Å². The predicted molar refractivity (Wildman–Crippen MR) is 112 cm³/mol. The molecule has 0 fully saturated rings.